The largest absolute Gasteiger partial charge is 0.478 e. The van der Waals surface area contributed by atoms with Crippen molar-refractivity contribution >= 4 is 38.5 Å². The van der Waals surface area contributed by atoms with Gasteiger partial charge < -0.3 is 19.9 Å². The number of carbonyl (C=O) groups is 1. The molecule has 0 atom stereocenters. The molecule has 1 aromatic heterocycles. The summed E-state index contributed by atoms with van der Waals surface area (Å²) in [6.45, 7) is 0.343. The molecule has 1 aliphatic rings. The van der Waals surface area contributed by atoms with Crippen LogP contribution in [0.25, 0.3) is 10.9 Å². The van der Waals surface area contributed by atoms with Crippen molar-refractivity contribution in [2.75, 3.05) is 12.1 Å². The number of hydrogen-bond donors (Lipinski definition) is 2. The topological polar surface area (TPSA) is 80.7 Å². The van der Waals surface area contributed by atoms with Gasteiger partial charge in [0.1, 0.15) is 16.9 Å². The number of hydrogen-bond acceptors (Lipinski definition) is 5. The lowest BCUT2D eigenvalue weighted by atomic mass is 10.1. The van der Waals surface area contributed by atoms with E-state index >= 15 is 0 Å². The number of benzene rings is 2. The summed E-state index contributed by atoms with van der Waals surface area (Å²) in [7, 11) is 0. The SMILES string of the molecule is O=C(O)c1cnc2c3c(ccc2c1NCc1ccc(Br)c(F)c1)OCO3. The van der Waals surface area contributed by atoms with Crippen LogP contribution in [0.15, 0.2) is 41.0 Å². The van der Waals surface area contributed by atoms with Crippen molar-refractivity contribution in [2.45, 2.75) is 6.54 Å². The van der Waals surface area contributed by atoms with Gasteiger partial charge in [0.05, 0.1) is 10.2 Å². The molecule has 0 fully saturated rings. The molecule has 8 heteroatoms. The van der Waals surface area contributed by atoms with Gasteiger partial charge in [0.25, 0.3) is 0 Å². The smallest absolute Gasteiger partial charge is 0.339 e. The van der Waals surface area contributed by atoms with E-state index in [2.05, 4.69) is 26.2 Å². The number of ether oxygens (including phenoxy) is 2. The first kappa shape index (κ1) is 16.6. The van der Waals surface area contributed by atoms with Gasteiger partial charge in [0.2, 0.25) is 6.79 Å². The maximum absolute atomic E-state index is 13.7. The Balaban J connectivity index is 1.77. The van der Waals surface area contributed by atoms with Crippen molar-refractivity contribution in [3.8, 4) is 11.5 Å². The van der Waals surface area contributed by atoms with Gasteiger partial charge in [-0.2, -0.15) is 0 Å². The molecule has 0 spiro atoms. The fourth-order valence-corrected chi connectivity index (χ4v) is 3.07. The molecule has 3 aromatic rings. The Morgan fingerprint density at radius 1 is 1.31 bits per heavy atom. The summed E-state index contributed by atoms with van der Waals surface area (Å²) in [5.41, 5.74) is 1.60. The minimum Gasteiger partial charge on any atom is -0.478 e. The third-order valence-electron chi connectivity index (χ3n) is 4.06. The van der Waals surface area contributed by atoms with Crippen LogP contribution in [0, 0.1) is 5.82 Å². The lowest BCUT2D eigenvalue weighted by Gasteiger charge is -2.14. The number of aromatic nitrogens is 1. The van der Waals surface area contributed by atoms with Crippen LogP contribution in [0.3, 0.4) is 0 Å². The molecule has 4 rings (SSSR count). The van der Waals surface area contributed by atoms with E-state index in [0.717, 1.165) is 0 Å². The highest BCUT2D eigenvalue weighted by Crippen LogP contribution is 2.41. The molecule has 2 heterocycles. The number of fused-ring (bicyclic) bond motifs is 3. The summed E-state index contributed by atoms with van der Waals surface area (Å²) in [4.78, 5) is 15.8. The zero-order valence-electron chi connectivity index (χ0n) is 13.3. The van der Waals surface area contributed by atoms with Gasteiger partial charge in [-0.1, -0.05) is 6.07 Å². The van der Waals surface area contributed by atoms with E-state index in [-0.39, 0.29) is 24.7 Å². The van der Waals surface area contributed by atoms with E-state index < -0.39 is 5.97 Å². The first-order valence-corrected chi connectivity index (χ1v) is 8.46. The number of rotatable bonds is 4. The summed E-state index contributed by atoms with van der Waals surface area (Å²) in [6, 6.07) is 8.18. The first-order valence-electron chi connectivity index (χ1n) is 7.67. The number of anilines is 1. The molecule has 0 radical (unpaired) electrons. The highest BCUT2D eigenvalue weighted by atomic mass is 79.9. The number of nitrogens with one attached hydrogen (secondary N) is 1. The maximum atomic E-state index is 13.7. The summed E-state index contributed by atoms with van der Waals surface area (Å²) >= 11 is 3.11. The predicted molar refractivity (Wildman–Crippen MR) is 96.3 cm³/mol. The van der Waals surface area contributed by atoms with Gasteiger partial charge in [-0.05, 0) is 45.8 Å². The molecule has 0 amide bonds. The van der Waals surface area contributed by atoms with Crippen molar-refractivity contribution in [2.24, 2.45) is 0 Å². The number of aromatic carboxylic acids is 1. The molecule has 0 aliphatic carbocycles. The summed E-state index contributed by atoms with van der Waals surface area (Å²) < 4.78 is 24.9. The summed E-state index contributed by atoms with van der Waals surface area (Å²) in [5, 5.41) is 13.2. The molecule has 6 nitrogen and oxygen atoms in total. The van der Waals surface area contributed by atoms with E-state index in [1.165, 1.54) is 12.3 Å². The third-order valence-corrected chi connectivity index (χ3v) is 4.70. The third kappa shape index (κ3) is 2.82. The number of carboxylic acid groups (broad SMARTS) is 1. The fraction of sp³-hybridized carbons (Fsp3) is 0.111. The van der Waals surface area contributed by atoms with Crippen LogP contribution in [0.1, 0.15) is 15.9 Å². The maximum Gasteiger partial charge on any atom is 0.339 e. The standard InChI is InChI=1S/C18H12BrFN2O4/c19-12-3-1-9(5-13(12)20)6-21-15-10-2-4-14-17(26-8-25-14)16(10)22-7-11(15)18(23)24/h1-5,7H,6,8H2,(H,21,22)(H,23,24). The minimum absolute atomic E-state index is 0.0222. The van der Waals surface area contributed by atoms with E-state index in [9.17, 15) is 14.3 Å². The van der Waals surface area contributed by atoms with Gasteiger partial charge in [-0.25, -0.2) is 9.18 Å². The molecule has 1 aliphatic heterocycles. The Morgan fingerprint density at radius 3 is 2.92 bits per heavy atom. The van der Waals surface area contributed by atoms with Crippen LogP contribution in [0.4, 0.5) is 10.1 Å². The quantitative estimate of drug-likeness (QED) is 0.661. The number of carboxylic acids is 1. The normalized spacial score (nSPS) is 12.4. The Bertz CT molecular complexity index is 1040. The molecular formula is C18H12BrFN2O4. The van der Waals surface area contributed by atoms with Crippen LogP contribution in [0.2, 0.25) is 0 Å². The predicted octanol–water partition coefficient (Wildman–Crippen LogP) is 4.18. The monoisotopic (exact) mass is 418 g/mol. The molecule has 2 aromatic carbocycles. The Hall–Kier alpha value is -2.87. The van der Waals surface area contributed by atoms with Crippen LogP contribution < -0.4 is 14.8 Å². The van der Waals surface area contributed by atoms with Crippen LogP contribution in [-0.4, -0.2) is 22.9 Å². The number of halogens is 2. The Morgan fingerprint density at radius 2 is 2.15 bits per heavy atom. The second-order valence-corrected chi connectivity index (χ2v) is 6.50. The van der Waals surface area contributed by atoms with Gasteiger partial charge in [0, 0.05) is 18.1 Å². The second kappa shape index (κ2) is 6.45. The van der Waals surface area contributed by atoms with E-state index in [4.69, 9.17) is 9.47 Å². The Labute approximate surface area is 155 Å². The molecule has 132 valence electrons. The highest BCUT2D eigenvalue weighted by molar-refractivity contribution is 9.10. The molecular weight excluding hydrogens is 407 g/mol. The van der Waals surface area contributed by atoms with Gasteiger partial charge >= 0.3 is 5.97 Å². The number of nitrogens with zero attached hydrogens (tertiary/aromatic N) is 1. The zero-order valence-corrected chi connectivity index (χ0v) is 14.8. The van der Waals surface area contributed by atoms with Crippen molar-refractivity contribution in [3.05, 3.63) is 57.9 Å². The first-order chi connectivity index (χ1) is 12.5. The number of pyridine rings is 1. The van der Waals surface area contributed by atoms with E-state index in [1.807, 2.05) is 0 Å². The zero-order chi connectivity index (χ0) is 18.3. The molecule has 0 bridgehead atoms. The van der Waals surface area contributed by atoms with Gasteiger partial charge in [0.15, 0.2) is 11.5 Å². The Kier molecular flexibility index (Phi) is 4.12. The lowest BCUT2D eigenvalue weighted by Crippen LogP contribution is -2.08. The molecule has 2 N–H and O–H groups in total. The highest BCUT2D eigenvalue weighted by Gasteiger charge is 2.22. The molecule has 0 unspecified atom stereocenters. The van der Waals surface area contributed by atoms with Crippen LogP contribution in [-0.2, 0) is 6.54 Å². The molecule has 26 heavy (non-hydrogen) atoms. The van der Waals surface area contributed by atoms with Crippen LogP contribution in [0.5, 0.6) is 11.5 Å². The van der Waals surface area contributed by atoms with Gasteiger partial charge in [-0.15, -0.1) is 0 Å². The van der Waals surface area contributed by atoms with E-state index in [1.54, 1.807) is 24.3 Å². The second-order valence-electron chi connectivity index (χ2n) is 5.65. The van der Waals surface area contributed by atoms with Crippen molar-refractivity contribution in [1.29, 1.82) is 0 Å². The van der Waals surface area contributed by atoms with Crippen molar-refractivity contribution in [3.63, 3.8) is 0 Å². The lowest BCUT2D eigenvalue weighted by molar-refractivity contribution is 0.0697. The summed E-state index contributed by atoms with van der Waals surface area (Å²) in [6.07, 6.45) is 1.27. The van der Waals surface area contributed by atoms with Gasteiger partial charge in [-0.3, -0.25) is 4.98 Å². The molecule has 0 saturated heterocycles. The minimum atomic E-state index is -1.11. The fourth-order valence-electron chi connectivity index (χ4n) is 2.82. The van der Waals surface area contributed by atoms with Crippen molar-refractivity contribution in [1.82, 2.24) is 4.98 Å². The average molecular weight is 419 g/mol. The van der Waals surface area contributed by atoms with E-state index in [0.29, 0.717) is 38.1 Å². The van der Waals surface area contributed by atoms with Crippen LogP contribution >= 0.6 is 15.9 Å². The molecule has 0 saturated carbocycles. The van der Waals surface area contributed by atoms with Crippen molar-refractivity contribution < 1.29 is 23.8 Å². The summed E-state index contributed by atoms with van der Waals surface area (Å²) in [5.74, 6) is -0.446. The average Bonchev–Trinajstić information content (AvgIpc) is 3.11.